The predicted molar refractivity (Wildman–Crippen MR) is 225 cm³/mol. The number of amides is 3. The molecule has 0 saturated carbocycles. The summed E-state index contributed by atoms with van der Waals surface area (Å²) in [4.78, 5) is 42.0. The first kappa shape index (κ1) is 43.3. The van der Waals surface area contributed by atoms with Crippen LogP contribution in [0.3, 0.4) is 0 Å². The van der Waals surface area contributed by atoms with Crippen molar-refractivity contribution < 1.29 is 38.8 Å². The molecule has 12 nitrogen and oxygen atoms in total. The number of aliphatic hydroxyl groups is 2. The Hall–Kier alpha value is -5.85. The zero-order valence-electron chi connectivity index (χ0n) is 33.5. The van der Waals surface area contributed by atoms with Crippen LogP contribution in [0.2, 0.25) is 0 Å². The lowest BCUT2D eigenvalue weighted by atomic mass is 10.00. The Morgan fingerprint density at radius 1 is 0.741 bits per heavy atom. The van der Waals surface area contributed by atoms with E-state index in [1.807, 2.05) is 74.5 Å². The fraction of sp³-hybridized carbons (Fsp3) is 0.370. The van der Waals surface area contributed by atoms with Crippen molar-refractivity contribution in [1.82, 2.24) is 9.80 Å². The topological polar surface area (TPSA) is 164 Å². The van der Waals surface area contributed by atoms with Gasteiger partial charge in [0.05, 0.1) is 42.1 Å². The number of hydrogen-bond donors (Lipinski definition) is 4. The van der Waals surface area contributed by atoms with Crippen molar-refractivity contribution in [2.75, 3.05) is 44.0 Å². The number of nitrogens with one attached hydrogen (secondary N) is 1. The molecule has 4 aromatic carbocycles. The Bertz CT molecular complexity index is 1990. The minimum atomic E-state index is -0.686. The third-order valence-corrected chi connectivity index (χ3v) is 10.4. The van der Waals surface area contributed by atoms with Gasteiger partial charge in [0, 0.05) is 30.9 Å². The molecule has 0 radical (unpaired) electrons. The van der Waals surface area contributed by atoms with E-state index in [4.69, 9.17) is 19.9 Å². The Kier molecular flexibility index (Phi) is 16.1. The smallest absolute Gasteiger partial charge is 0.411 e. The number of carbonyl (C=O) groups is 3. The van der Waals surface area contributed by atoms with Gasteiger partial charge in [0.1, 0.15) is 31.3 Å². The van der Waals surface area contributed by atoms with Crippen LogP contribution in [0.25, 0.3) is 0 Å². The maximum Gasteiger partial charge on any atom is 0.411 e. The van der Waals surface area contributed by atoms with Crippen molar-refractivity contribution in [2.24, 2.45) is 0 Å². The van der Waals surface area contributed by atoms with Crippen LogP contribution in [0.5, 0.6) is 11.5 Å². The first-order valence-corrected chi connectivity index (χ1v) is 19.9. The normalized spacial score (nSPS) is 16.3. The largest absolute Gasteiger partial charge is 0.489 e. The minimum Gasteiger partial charge on any atom is -0.489 e. The number of aryl methyl sites for hydroxylation is 2. The van der Waals surface area contributed by atoms with Crippen LogP contribution in [0, 0.1) is 13.8 Å². The summed E-state index contributed by atoms with van der Waals surface area (Å²) in [7, 11) is 0. The number of carbonyl (C=O) groups excluding carboxylic acids is 3. The molecule has 2 heterocycles. The molecule has 2 aliphatic heterocycles. The van der Waals surface area contributed by atoms with E-state index in [2.05, 4.69) is 11.9 Å². The second kappa shape index (κ2) is 21.6. The van der Waals surface area contributed by atoms with Gasteiger partial charge in [-0.05, 0) is 86.8 Å². The van der Waals surface area contributed by atoms with E-state index in [1.54, 1.807) is 34.1 Å². The summed E-state index contributed by atoms with van der Waals surface area (Å²) in [5, 5.41) is 22.0. The number of piperidine rings is 2. The van der Waals surface area contributed by atoms with Crippen molar-refractivity contribution in [1.29, 1.82) is 0 Å². The van der Waals surface area contributed by atoms with E-state index < -0.39 is 6.09 Å². The quantitative estimate of drug-likeness (QED) is 0.0796. The number of likely N-dealkylation sites (tertiary alicyclic amines) is 2. The third-order valence-electron chi connectivity index (χ3n) is 10.4. The lowest BCUT2D eigenvalue weighted by Gasteiger charge is -2.35. The van der Waals surface area contributed by atoms with Crippen LogP contribution in [-0.4, -0.2) is 82.9 Å². The van der Waals surface area contributed by atoms with Gasteiger partial charge in [0.25, 0.3) is 11.8 Å². The number of aliphatic hydroxyl groups excluding tert-OH is 2. The highest BCUT2D eigenvalue weighted by Crippen LogP contribution is 2.32. The highest BCUT2D eigenvalue weighted by Gasteiger charge is 2.30. The molecule has 2 fully saturated rings. The van der Waals surface area contributed by atoms with E-state index in [9.17, 15) is 24.6 Å². The van der Waals surface area contributed by atoms with Crippen molar-refractivity contribution in [3.8, 4) is 11.5 Å². The van der Waals surface area contributed by atoms with Gasteiger partial charge in [0.15, 0.2) is 0 Å². The molecule has 0 aliphatic carbocycles. The summed E-state index contributed by atoms with van der Waals surface area (Å²) >= 11 is 0. The molecular formula is C46H56N4O8. The second-order valence-electron chi connectivity index (χ2n) is 14.6. The van der Waals surface area contributed by atoms with Crippen LogP contribution < -0.4 is 20.5 Å². The molecule has 0 bridgehead atoms. The highest BCUT2D eigenvalue weighted by molar-refractivity contribution is 6.03. The Morgan fingerprint density at radius 3 is 1.72 bits per heavy atom. The van der Waals surface area contributed by atoms with E-state index in [1.165, 1.54) is 6.08 Å². The van der Waals surface area contributed by atoms with Gasteiger partial charge < -0.3 is 40.0 Å². The molecule has 2 aliphatic rings. The van der Waals surface area contributed by atoms with Crippen LogP contribution in [0.4, 0.5) is 16.2 Å². The molecule has 2 saturated heterocycles. The molecule has 308 valence electrons. The van der Waals surface area contributed by atoms with Gasteiger partial charge in [-0.2, -0.15) is 0 Å². The standard InChI is InChI=1S/C25H30N2O5.C21H26N2O3/c1-3-13-31-25(30)26-22-15-23(32-17-19-9-5-4-6-10-19)18(2)14-21(22)24(29)27-12-8-7-11-20(27)16-28;1-15-11-18(21(25)23-10-6-5-9-17(23)13-24)19(22)12-20(15)26-14-16-7-3-2-4-8-16/h3-6,9-10,14-15,20,28H,1,7-8,11-13,16-17H2,2H3,(H,26,30);2-4,7-8,11-12,17,24H,5-6,9-10,13-14,22H2,1H3/t20-;17-/m00/s1. The molecule has 5 N–H and O–H groups in total. The van der Waals surface area contributed by atoms with Crippen molar-refractivity contribution in [3.05, 3.63) is 131 Å². The van der Waals surface area contributed by atoms with Gasteiger partial charge in [-0.25, -0.2) is 4.79 Å². The average Bonchev–Trinajstić information content (AvgIpc) is 3.26. The first-order valence-electron chi connectivity index (χ1n) is 19.9. The van der Waals surface area contributed by atoms with Gasteiger partial charge in [-0.1, -0.05) is 73.3 Å². The van der Waals surface area contributed by atoms with Crippen molar-refractivity contribution in [3.63, 3.8) is 0 Å². The number of benzene rings is 4. The van der Waals surface area contributed by atoms with E-state index in [0.29, 0.717) is 60.3 Å². The lowest BCUT2D eigenvalue weighted by Crippen LogP contribution is -2.45. The highest BCUT2D eigenvalue weighted by atomic mass is 16.5. The zero-order chi connectivity index (χ0) is 41.4. The number of nitrogens with zero attached hydrogens (tertiary/aromatic N) is 2. The van der Waals surface area contributed by atoms with Crippen LogP contribution >= 0.6 is 0 Å². The number of hydrogen-bond acceptors (Lipinski definition) is 9. The summed E-state index contributed by atoms with van der Waals surface area (Å²) in [6.07, 6.45) is 6.21. The predicted octanol–water partition coefficient (Wildman–Crippen LogP) is 7.44. The second-order valence-corrected chi connectivity index (χ2v) is 14.6. The fourth-order valence-corrected chi connectivity index (χ4v) is 7.14. The molecule has 0 spiro atoms. The zero-order valence-corrected chi connectivity index (χ0v) is 33.5. The summed E-state index contributed by atoms with van der Waals surface area (Å²) in [5.41, 5.74) is 11.4. The SMILES string of the molecule is C=CCOC(=O)Nc1cc(OCc2ccccc2)c(C)cc1C(=O)N1CCCC[C@H]1CO.Cc1cc(C(=O)N2CCCC[C@H]2CO)c(N)cc1OCc1ccccc1. The number of ether oxygens (including phenoxy) is 3. The number of nitrogens with two attached hydrogens (primary N) is 1. The molecule has 0 unspecified atom stereocenters. The number of anilines is 2. The third kappa shape index (κ3) is 11.6. The van der Waals surface area contributed by atoms with E-state index >= 15 is 0 Å². The average molecular weight is 793 g/mol. The molecule has 58 heavy (non-hydrogen) atoms. The summed E-state index contributed by atoms with van der Waals surface area (Å²) in [5.74, 6) is 0.890. The van der Waals surface area contributed by atoms with Gasteiger partial charge in [0.2, 0.25) is 0 Å². The molecule has 2 atom stereocenters. The number of nitrogen functional groups attached to an aromatic ring is 1. The molecule has 0 aromatic heterocycles. The van der Waals surface area contributed by atoms with Crippen LogP contribution in [0.15, 0.2) is 97.6 Å². The summed E-state index contributed by atoms with van der Waals surface area (Å²) in [6.45, 7) is 9.29. The van der Waals surface area contributed by atoms with Gasteiger partial charge in [-0.3, -0.25) is 14.9 Å². The monoisotopic (exact) mass is 792 g/mol. The van der Waals surface area contributed by atoms with Gasteiger partial charge >= 0.3 is 6.09 Å². The summed E-state index contributed by atoms with van der Waals surface area (Å²) < 4.78 is 16.9. The van der Waals surface area contributed by atoms with Crippen molar-refractivity contribution in [2.45, 2.75) is 77.7 Å². The molecule has 6 rings (SSSR count). The Morgan fingerprint density at radius 2 is 1.22 bits per heavy atom. The van der Waals surface area contributed by atoms with Crippen LogP contribution in [0.1, 0.15) is 81.5 Å². The first-order chi connectivity index (χ1) is 28.1. The maximum absolute atomic E-state index is 13.4. The fourth-order valence-electron chi connectivity index (χ4n) is 7.14. The van der Waals surface area contributed by atoms with Crippen LogP contribution in [-0.2, 0) is 18.0 Å². The van der Waals surface area contributed by atoms with E-state index in [-0.39, 0.29) is 43.7 Å². The Balaban J connectivity index is 0.000000226. The lowest BCUT2D eigenvalue weighted by molar-refractivity contribution is 0.0499. The maximum atomic E-state index is 13.4. The molecule has 3 amide bonds. The van der Waals surface area contributed by atoms with Gasteiger partial charge in [-0.15, -0.1) is 0 Å². The molecular weight excluding hydrogens is 737 g/mol. The molecule has 4 aromatic rings. The minimum absolute atomic E-state index is 0.0110. The number of rotatable bonds is 13. The van der Waals surface area contributed by atoms with Crippen molar-refractivity contribution >= 4 is 29.3 Å². The Labute approximate surface area is 341 Å². The summed E-state index contributed by atoms with van der Waals surface area (Å²) in [6, 6.07) is 26.2. The van der Waals surface area contributed by atoms with E-state index in [0.717, 1.165) is 60.8 Å². The molecule has 12 heteroatoms.